The monoisotopic (exact) mass is 286 g/mol. The molecule has 2 rings (SSSR count). The smallest absolute Gasteiger partial charge is 0.254 e. The Morgan fingerprint density at radius 1 is 1.25 bits per heavy atom. The van der Waals surface area contributed by atoms with Crippen LogP contribution in [0.4, 0.5) is 13.2 Å². The number of amides is 1. The van der Waals surface area contributed by atoms with Gasteiger partial charge in [-0.25, -0.2) is 13.2 Å². The molecule has 1 aliphatic heterocycles. The van der Waals surface area contributed by atoms with E-state index in [4.69, 9.17) is 0 Å². The maximum Gasteiger partial charge on any atom is 0.254 e. The van der Waals surface area contributed by atoms with Gasteiger partial charge in [0.2, 0.25) is 0 Å². The number of piperidine rings is 1. The van der Waals surface area contributed by atoms with E-state index < -0.39 is 28.9 Å². The van der Waals surface area contributed by atoms with E-state index in [-0.39, 0.29) is 5.41 Å². The van der Waals surface area contributed by atoms with Gasteiger partial charge in [-0.2, -0.15) is 0 Å². The van der Waals surface area contributed by atoms with E-state index in [2.05, 4.69) is 10.6 Å². The zero-order valence-electron chi connectivity index (χ0n) is 11.2. The third-order valence-corrected chi connectivity index (χ3v) is 3.77. The van der Waals surface area contributed by atoms with Gasteiger partial charge in [-0.1, -0.05) is 6.92 Å². The molecule has 1 aromatic rings. The van der Waals surface area contributed by atoms with Crippen molar-refractivity contribution in [1.82, 2.24) is 10.6 Å². The summed E-state index contributed by atoms with van der Waals surface area (Å²) in [4.78, 5) is 11.9. The van der Waals surface area contributed by atoms with E-state index >= 15 is 0 Å². The minimum absolute atomic E-state index is 0.0596. The number of carbonyl (C=O) groups is 1. The van der Waals surface area contributed by atoms with Crippen molar-refractivity contribution in [3.05, 3.63) is 35.1 Å². The van der Waals surface area contributed by atoms with Gasteiger partial charge in [-0.05, 0) is 43.5 Å². The van der Waals surface area contributed by atoms with Crippen molar-refractivity contribution < 1.29 is 18.0 Å². The molecule has 1 amide bonds. The van der Waals surface area contributed by atoms with E-state index in [1.807, 2.05) is 6.92 Å². The van der Waals surface area contributed by atoms with Crippen LogP contribution in [0.5, 0.6) is 0 Å². The zero-order chi connectivity index (χ0) is 14.8. The molecule has 0 radical (unpaired) electrons. The minimum atomic E-state index is -1.62. The predicted octanol–water partition coefficient (Wildman–Crippen LogP) is 2.22. The number of nitrogens with one attached hydrogen (secondary N) is 2. The lowest BCUT2D eigenvalue weighted by molar-refractivity contribution is 0.0917. The molecule has 0 aromatic heterocycles. The van der Waals surface area contributed by atoms with Crippen molar-refractivity contribution in [3.63, 3.8) is 0 Å². The molecule has 110 valence electrons. The van der Waals surface area contributed by atoms with Gasteiger partial charge in [0.15, 0.2) is 17.5 Å². The first-order valence-electron chi connectivity index (χ1n) is 6.55. The van der Waals surface area contributed by atoms with Gasteiger partial charge in [0.05, 0.1) is 5.56 Å². The number of hydrogen-bond donors (Lipinski definition) is 2. The van der Waals surface area contributed by atoms with Crippen molar-refractivity contribution in [2.75, 3.05) is 19.6 Å². The van der Waals surface area contributed by atoms with Crippen LogP contribution in [-0.2, 0) is 0 Å². The zero-order valence-corrected chi connectivity index (χ0v) is 11.2. The normalized spacial score (nSPS) is 17.8. The van der Waals surface area contributed by atoms with Crippen LogP contribution >= 0.6 is 0 Å². The van der Waals surface area contributed by atoms with Crippen LogP contribution in [0.2, 0.25) is 0 Å². The number of carbonyl (C=O) groups excluding carboxylic acids is 1. The Balaban J connectivity index is 2.03. The van der Waals surface area contributed by atoms with E-state index in [1.54, 1.807) is 0 Å². The highest BCUT2D eigenvalue weighted by Crippen LogP contribution is 2.27. The summed E-state index contributed by atoms with van der Waals surface area (Å²) < 4.78 is 39.4. The Hall–Kier alpha value is -1.56. The number of halogens is 3. The average Bonchev–Trinajstić information content (AvgIpc) is 2.43. The van der Waals surface area contributed by atoms with E-state index in [9.17, 15) is 18.0 Å². The first kappa shape index (κ1) is 14.8. The molecule has 0 atom stereocenters. The Labute approximate surface area is 115 Å². The summed E-state index contributed by atoms with van der Waals surface area (Å²) in [5.74, 6) is -5.09. The topological polar surface area (TPSA) is 41.1 Å². The highest BCUT2D eigenvalue weighted by molar-refractivity contribution is 5.94. The van der Waals surface area contributed by atoms with E-state index in [0.29, 0.717) is 6.54 Å². The summed E-state index contributed by atoms with van der Waals surface area (Å²) in [5.41, 5.74) is -0.530. The molecule has 1 heterocycles. The fourth-order valence-corrected chi connectivity index (χ4v) is 2.30. The number of benzene rings is 1. The molecule has 1 aliphatic rings. The number of rotatable bonds is 3. The Bertz CT molecular complexity index is 513. The first-order valence-corrected chi connectivity index (χ1v) is 6.55. The number of hydrogen-bond acceptors (Lipinski definition) is 2. The molecule has 6 heteroatoms. The predicted molar refractivity (Wildman–Crippen MR) is 68.9 cm³/mol. The standard InChI is InChI=1S/C14H17F3N2O/c1-14(4-6-18-7-5-14)8-19-13(20)9-2-3-10(15)12(17)11(9)16/h2-3,18H,4-8H2,1H3,(H,19,20). The Morgan fingerprint density at radius 3 is 2.55 bits per heavy atom. The summed E-state index contributed by atoms with van der Waals surface area (Å²) in [6.07, 6.45) is 1.79. The maximum atomic E-state index is 13.5. The summed E-state index contributed by atoms with van der Waals surface area (Å²) in [5, 5.41) is 5.82. The molecule has 1 saturated heterocycles. The van der Waals surface area contributed by atoms with Crippen LogP contribution in [-0.4, -0.2) is 25.5 Å². The quantitative estimate of drug-likeness (QED) is 0.837. The van der Waals surface area contributed by atoms with Crippen molar-refractivity contribution in [3.8, 4) is 0 Å². The molecule has 20 heavy (non-hydrogen) atoms. The van der Waals surface area contributed by atoms with Gasteiger partial charge in [0.25, 0.3) is 5.91 Å². The van der Waals surface area contributed by atoms with Crippen molar-refractivity contribution >= 4 is 5.91 Å². The minimum Gasteiger partial charge on any atom is -0.351 e. The lowest BCUT2D eigenvalue weighted by Crippen LogP contribution is -2.43. The van der Waals surface area contributed by atoms with Gasteiger partial charge < -0.3 is 10.6 Å². The van der Waals surface area contributed by atoms with Crippen LogP contribution in [0.1, 0.15) is 30.1 Å². The van der Waals surface area contributed by atoms with Crippen molar-refractivity contribution in [1.29, 1.82) is 0 Å². The largest absolute Gasteiger partial charge is 0.351 e. The lowest BCUT2D eigenvalue weighted by Gasteiger charge is -2.34. The van der Waals surface area contributed by atoms with Crippen LogP contribution < -0.4 is 10.6 Å². The van der Waals surface area contributed by atoms with Crippen LogP contribution in [0.15, 0.2) is 12.1 Å². The fourth-order valence-electron chi connectivity index (χ4n) is 2.30. The van der Waals surface area contributed by atoms with Crippen LogP contribution in [0, 0.1) is 22.9 Å². The maximum absolute atomic E-state index is 13.5. The second-order valence-electron chi connectivity index (χ2n) is 5.47. The SMILES string of the molecule is CC1(CNC(=O)c2ccc(F)c(F)c2F)CCNCC1. The molecule has 0 saturated carbocycles. The molecule has 0 aliphatic carbocycles. The molecule has 1 aromatic carbocycles. The van der Waals surface area contributed by atoms with Gasteiger partial charge in [-0.3, -0.25) is 4.79 Å². The van der Waals surface area contributed by atoms with Gasteiger partial charge in [-0.15, -0.1) is 0 Å². The third-order valence-electron chi connectivity index (χ3n) is 3.77. The van der Waals surface area contributed by atoms with Gasteiger partial charge in [0.1, 0.15) is 0 Å². The average molecular weight is 286 g/mol. The molecular formula is C14H17F3N2O. The summed E-state index contributed by atoms with van der Waals surface area (Å²) in [7, 11) is 0. The summed E-state index contributed by atoms with van der Waals surface area (Å²) >= 11 is 0. The van der Waals surface area contributed by atoms with Crippen molar-refractivity contribution in [2.45, 2.75) is 19.8 Å². The van der Waals surface area contributed by atoms with E-state index in [1.165, 1.54) is 0 Å². The Morgan fingerprint density at radius 2 is 1.90 bits per heavy atom. The fraction of sp³-hybridized carbons (Fsp3) is 0.500. The third kappa shape index (κ3) is 3.12. The molecule has 0 spiro atoms. The van der Waals surface area contributed by atoms with Crippen LogP contribution in [0.25, 0.3) is 0 Å². The Kier molecular flexibility index (Phi) is 4.32. The molecular weight excluding hydrogens is 269 g/mol. The molecule has 2 N–H and O–H groups in total. The van der Waals surface area contributed by atoms with Crippen LogP contribution in [0.3, 0.4) is 0 Å². The second-order valence-corrected chi connectivity index (χ2v) is 5.47. The molecule has 0 unspecified atom stereocenters. The molecule has 3 nitrogen and oxygen atoms in total. The summed E-state index contributed by atoms with van der Waals surface area (Å²) in [6, 6.07) is 1.70. The highest BCUT2D eigenvalue weighted by atomic mass is 19.2. The first-order chi connectivity index (χ1) is 9.43. The molecule has 1 fully saturated rings. The van der Waals surface area contributed by atoms with Gasteiger partial charge >= 0.3 is 0 Å². The summed E-state index contributed by atoms with van der Waals surface area (Å²) in [6.45, 7) is 4.15. The highest BCUT2D eigenvalue weighted by Gasteiger charge is 2.28. The second kappa shape index (κ2) is 5.83. The van der Waals surface area contributed by atoms with Crippen molar-refractivity contribution in [2.24, 2.45) is 5.41 Å². The van der Waals surface area contributed by atoms with E-state index in [0.717, 1.165) is 38.1 Å². The molecule has 0 bridgehead atoms. The lowest BCUT2D eigenvalue weighted by atomic mass is 9.81. The van der Waals surface area contributed by atoms with Gasteiger partial charge in [0, 0.05) is 6.54 Å².